The van der Waals surface area contributed by atoms with Crippen molar-refractivity contribution in [2.45, 2.75) is 24.5 Å². The van der Waals surface area contributed by atoms with Gasteiger partial charge < -0.3 is 5.32 Å². The second-order valence-electron chi connectivity index (χ2n) is 5.58. The molecule has 1 N–H and O–H groups in total. The average Bonchev–Trinajstić information content (AvgIpc) is 2.82. The molecule has 0 aliphatic heterocycles. The van der Waals surface area contributed by atoms with E-state index >= 15 is 0 Å². The maximum Gasteiger partial charge on any atom is 0.288 e. The smallest absolute Gasteiger partial charge is 0.288 e. The van der Waals surface area contributed by atoms with E-state index in [4.69, 9.17) is 0 Å². The minimum Gasteiger partial charge on any atom is -0.322 e. The molecule has 0 aliphatic rings. The van der Waals surface area contributed by atoms with Crippen LogP contribution >= 0.6 is 11.8 Å². The molecule has 0 aliphatic carbocycles. The number of rotatable bonds is 4. The molecular weight excluding hydrogens is 346 g/mol. The molecule has 2 heterocycles. The van der Waals surface area contributed by atoms with E-state index in [9.17, 15) is 13.6 Å². The Kier molecular flexibility index (Phi) is 4.71. The summed E-state index contributed by atoms with van der Waals surface area (Å²) < 4.78 is 26.4. The molecule has 2 aromatic heterocycles. The maximum absolute atomic E-state index is 12.7. The van der Waals surface area contributed by atoms with Gasteiger partial charge in [-0.05, 0) is 44.2 Å². The van der Waals surface area contributed by atoms with E-state index in [0.717, 1.165) is 5.69 Å². The normalized spacial score (nSPS) is 11.3. The van der Waals surface area contributed by atoms with E-state index in [0.29, 0.717) is 44.6 Å². The van der Waals surface area contributed by atoms with Crippen molar-refractivity contribution in [3.8, 4) is 0 Å². The molecule has 0 saturated carbocycles. The molecular formula is C17H16F2N4OS. The fourth-order valence-electron chi connectivity index (χ4n) is 2.67. The first-order valence-corrected chi connectivity index (χ1v) is 8.40. The number of fused-ring (bicyclic) bond motifs is 1. The number of carbonyl (C=O) groups is 1. The molecule has 0 atom stereocenters. The van der Waals surface area contributed by atoms with E-state index < -0.39 is 5.76 Å². The Balaban J connectivity index is 1.90. The van der Waals surface area contributed by atoms with Crippen molar-refractivity contribution in [3.05, 3.63) is 47.3 Å². The monoisotopic (exact) mass is 362 g/mol. The predicted molar refractivity (Wildman–Crippen MR) is 94.2 cm³/mol. The minimum atomic E-state index is -2.47. The molecule has 1 amide bonds. The van der Waals surface area contributed by atoms with E-state index in [1.807, 2.05) is 13.8 Å². The van der Waals surface area contributed by atoms with Gasteiger partial charge >= 0.3 is 0 Å². The molecule has 0 fully saturated rings. The molecule has 3 rings (SSSR count). The van der Waals surface area contributed by atoms with Crippen LogP contribution in [0.15, 0.2) is 35.2 Å². The topological polar surface area (TPSA) is 59.8 Å². The number of pyridine rings is 1. The predicted octanol–water partition coefficient (Wildman–Crippen LogP) is 4.15. The summed E-state index contributed by atoms with van der Waals surface area (Å²) in [6.45, 7) is 3.64. The van der Waals surface area contributed by atoms with E-state index in [1.165, 1.54) is 0 Å². The van der Waals surface area contributed by atoms with Gasteiger partial charge in [0.1, 0.15) is 0 Å². The van der Waals surface area contributed by atoms with Gasteiger partial charge in [-0.1, -0.05) is 11.8 Å². The summed E-state index contributed by atoms with van der Waals surface area (Å²) >= 11 is 0.466. The van der Waals surface area contributed by atoms with Crippen LogP contribution < -0.4 is 5.32 Å². The summed E-state index contributed by atoms with van der Waals surface area (Å²) in [7, 11) is 1.78. The molecule has 1 aromatic carbocycles. The van der Waals surface area contributed by atoms with Crippen LogP contribution in [0.5, 0.6) is 0 Å². The van der Waals surface area contributed by atoms with Gasteiger partial charge in [-0.3, -0.25) is 9.48 Å². The van der Waals surface area contributed by atoms with E-state index in [2.05, 4.69) is 15.4 Å². The maximum atomic E-state index is 12.7. The summed E-state index contributed by atoms with van der Waals surface area (Å²) in [5, 5.41) is 7.82. The number of carbonyl (C=O) groups excluding carboxylic acids is 1. The number of hydrogen-bond donors (Lipinski definition) is 1. The highest BCUT2D eigenvalue weighted by Crippen LogP contribution is 2.27. The lowest BCUT2D eigenvalue weighted by atomic mass is 10.1. The van der Waals surface area contributed by atoms with Gasteiger partial charge in [0.25, 0.3) is 11.7 Å². The second kappa shape index (κ2) is 6.79. The first-order chi connectivity index (χ1) is 11.8. The third kappa shape index (κ3) is 3.63. The Morgan fingerprint density at radius 3 is 2.56 bits per heavy atom. The zero-order chi connectivity index (χ0) is 18.1. The number of alkyl halides is 2. The number of aromatic nitrogens is 3. The fourth-order valence-corrected chi connectivity index (χ4v) is 3.17. The van der Waals surface area contributed by atoms with Gasteiger partial charge in [0, 0.05) is 23.3 Å². The molecule has 5 nitrogen and oxygen atoms in total. The molecule has 0 bridgehead atoms. The second-order valence-corrected chi connectivity index (χ2v) is 6.64. The quantitative estimate of drug-likeness (QED) is 0.708. The van der Waals surface area contributed by atoms with Gasteiger partial charge in [-0.25, -0.2) is 4.98 Å². The summed E-state index contributed by atoms with van der Waals surface area (Å²) in [6.07, 6.45) is 0. The molecule has 8 heteroatoms. The Bertz CT molecular complexity index is 938. The van der Waals surface area contributed by atoms with Crippen LogP contribution in [0.4, 0.5) is 14.5 Å². The molecule has 0 unspecified atom stereocenters. The molecule has 0 radical (unpaired) electrons. The third-order valence-electron chi connectivity index (χ3n) is 3.68. The third-order valence-corrected chi connectivity index (χ3v) is 4.40. The largest absolute Gasteiger partial charge is 0.322 e. The SMILES string of the molecule is Cc1cc(C(=O)Nc2ccc(SC(F)F)cc2)c2c(C)nn(C)c2n1. The molecule has 130 valence electrons. The number of anilines is 1. The number of hydrogen-bond acceptors (Lipinski definition) is 4. The standard InChI is InChI=1S/C17H16F2N4OS/c1-9-8-13(14-10(2)22-23(3)15(14)20-9)16(24)21-11-4-6-12(7-5-11)25-17(18)19/h4-8,17H,1-3H3,(H,21,24). The van der Waals surface area contributed by atoms with E-state index in [1.54, 1.807) is 42.1 Å². The van der Waals surface area contributed by atoms with Crippen molar-refractivity contribution >= 4 is 34.4 Å². The van der Waals surface area contributed by atoms with Crippen LogP contribution in [0.2, 0.25) is 0 Å². The minimum absolute atomic E-state index is 0.291. The first-order valence-electron chi connectivity index (χ1n) is 7.52. The van der Waals surface area contributed by atoms with Crippen LogP contribution in [0.25, 0.3) is 11.0 Å². The first kappa shape index (κ1) is 17.3. The number of amides is 1. The van der Waals surface area contributed by atoms with Crippen molar-refractivity contribution in [3.63, 3.8) is 0 Å². The van der Waals surface area contributed by atoms with Crippen molar-refractivity contribution in [1.29, 1.82) is 0 Å². The average molecular weight is 362 g/mol. The number of thioether (sulfide) groups is 1. The molecule has 25 heavy (non-hydrogen) atoms. The summed E-state index contributed by atoms with van der Waals surface area (Å²) in [5.74, 6) is -2.76. The number of halogens is 2. The van der Waals surface area contributed by atoms with Crippen LogP contribution in [0.3, 0.4) is 0 Å². The van der Waals surface area contributed by atoms with E-state index in [-0.39, 0.29) is 5.91 Å². The highest BCUT2D eigenvalue weighted by Gasteiger charge is 2.18. The Labute approximate surface area is 147 Å². The lowest BCUT2D eigenvalue weighted by Gasteiger charge is -2.08. The van der Waals surface area contributed by atoms with Crippen LogP contribution in [0.1, 0.15) is 21.7 Å². The number of benzene rings is 1. The molecule has 0 spiro atoms. The summed E-state index contributed by atoms with van der Waals surface area (Å²) in [5.41, 5.74) is 3.10. The van der Waals surface area contributed by atoms with Crippen molar-refractivity contribution < 1.29 is 13.6 Å². The highest BCUT2D eigenvalue weighted by molar-refractivity contribution is 7.99. The van der Waals surface area contributed by atoms with Crippen LogP contribution in [-0.4, -0.2) is 26.4 Å². The number of nitrogens with one attached hydrogen (secondary N) is 1. The van der Waals surface area contributed by atoms with Gasteiger partial charge in [-0.2, -0.15) is 13.9 Å². The van der Waals surface area contributed by atoms with Crippen molar-refractivity contribution in [1.82, 2.24) is 14.8 Å². The lowest BCUT2D eigenvalue weighted by molar-refractivity contribution is 0.102. The van der Waals surface area contributed by atoms with Gasteiger partial charge in [0.15, 0.2) is 5.65 Å². The van der Waals surface area contributed by atoms with Gasteiger partial charge in [0.05, 0.1) is 16.6 Å². The lowest BCUT2D eigenvalue weighted by Crippen LogP contribution is -2.13. The van der Waals surface area contributed by atoms with Crippen LogP contribution in [-0.2, 0) is 7.05 Å². The highest BCUT2D eigenvalue weighted by atomic mass is 32.2. The van der Waals surface area contributed by atoms with Gasteiger partial charge in [0.2, 0.25) is 0 Å². The number of aryl methyl sites for hydroxylation is 3. The summed E-state index contributed by atoms with van der Waals surface area (Å²) in [4.78, 5) is 17.6. The Morgan fingerprint density at radius 2 is 1.92 bits per heavy atom. The van der Waals surface area contributed by atoms with Crippen molar-refractivity contribution in [2.75, 3.05) is 5.32 Å². The van der Waals surface area contributed by atoms with Crippen LogP contribution in [0, 0.1) is 13.8 Å². The Hall–Kier alpha value is -2.48. The summed E-state index contributed by atoms with van der Waals surface area (Å²) in [6, 6.07) is 8.02. The zero-order valence-corrected chi connectivity index (χ0v) is 14.7. The van der Waals surface area contributed by atoms with Gasteiger partial charge in [-0.15, -0.1) is 0 Å². The van der Waals surface area contributed by atoms with Crippen molar-refractivity contribution in [2.24, 2.45) is 7.05 Å². The number of nitrogens with zero attached hydrogens (tertiary/aromatic N) is 3. The molecule has 3 aromatic rings. The zero-order valence-electron chi connectivity index (χ0n) is 13.9. The molecule has 0 saturated heterocycles. The fraction of sp³-hybridized carbons (Fsp3) is 0.235. The Morgan fingerprint density at radius 1 is 1.24 bits per heavy atom.